The van der Waals surface area contributed by atoms with Crippen molar-refractivity contribution in [3.8, 4) is 0 Å². The molecule has 21 heavy (non-hydrogen) atoms. The smallest absolute Gasteiger partial charge is 0.244 e. The Balaban J connectivity index is 2.22. The number of halogens is 1. The summed E-state index contributed by atoms with van der Waals surface area (Å²) in [4.78, 5) is 2.08. The molecule has 6 nitrogen and oxygen atoms in total. The number of aryl methyl sites for hydroxylation is 1. The molecule has 1 fully saturated rings. The molecular formula is C13H20ClN3O3S. The highest BCUT2D eigenvalue weighted by Gasteiger charge is 2.30. The minimum atomic E-state index is -3.64. The van der Waals surface area contributed by atoms with Crippen molar-refractivity contribution in [2.45, 2.75) is 11.8 Å². The predicted octanol–water partition coefficient (Wildman–Crippen LogP) is 0.529. The zero-order chi connectivity index (χ0) is 15.6. The van der Waals surface area contributed by atoms with Crippen LogP contribution in [-0.4, -0.2) is 62.1 Å². The molecule has 1 aliphatic heterocycles. The number of nitrogens with two attached hydrogens (primary N) is 1. The molecule has 0 saturated carbocycles. The molecule has 0 amide bonds. The molecule has 0 bridgehead atoms. The van der Waals surface area contributed by atoms with E-state index in [1.807, 2.05) is 4.90 Å². The van der Waals surface area contributed by atoms with Crippen molar-refractivity contribution < 1.29 is 13.5 Å². The molecule has 2 rings (SSSR count). The molecule has 1 saturated heterocycles. The summed E-state index contributed by atoms with van der Waals surface area (Å²) >= 11 is 6.08. The number of aliphatic hydroxyl groups excluding tert-OH is 1. The van der Waals surface area contributed by atoms with Gasteiger partial charge in [0, 0.05) is 38.4 Å². The minimum absolute atomic E-state index is 0.0582. The molecule has 0 unspecified atom stereocenters. The topological polar surface area (TPSA) is 86.9 Å². The fourth-order valence-electron chi connectivity index (χ4n) is 2.34. The number of rotatable bonds is 4. The number of hydrogen-bond donors (Lipinski definition) is 2. The molecule has 1 aromatic rings. The van der Waals surface area contributed by atoms with Crippen LogP contribution in [-0.2, 0) is 10.0 Å². The number of aliphatic hydroxyl groups is 1. The Labute approximate surface area is 130 Å². The molecule has 1 aliphatic rings. The minimum Gasteiger partial charge on any atom is -0.398 e. The van der Waals surface area contributed by atoms with E-state index in [-0.39, 0.29) is 16.5 Å². The number of anilines is 1. The lowest BCUT2D eigenvalue weighted by atomic mass is 10.2. The van der Waals surface area contributed by atoms with Crippen molar-refractivity contribution >= 4 is 27.3 Å². The summed E-state index contributed by atoms with van der Waals surface area (Å²) in [5.74, 6) is 0. The van der Waals surface area contributed by atoms with E-state index in [0.29, 0.717) is 38.4 Å². The van der Waals surface area contributed by atoms with E-state index in [9.17, 15) is 8.42 Å². The van der Waals surface area contributed by atoms with Crippen molar-refractivity contribution in [3.63, 3.8) is 0 Å². The van der Waals surface area contributed by atoms with Gasteiger partial charge in [0.1, 0.15) is 4.90 Å². The molecular weight excluding hydrogens is 314 g/mol. The molecule has 0 spiro atoms. The highest BCUT2D eigenvalue weighted by Crippen LogP contribution is 2.29. The van der Waals surface area contributed by atoms with Crippen LogP contribution in [0, 0.1) is 6.92 Å². The number of sulfonamides is 1. The number of benzene rings is 1. The van der Waals surface area contributed by atoms with Crippen molar-refractivity contribution in [2.24, 2.45) is 0 Å². The lowest BCUT2D eigenvalue weighted by Crippen LogP contribution is -2.49. The first-order chi connectivity index (χ1) is 9.86. The van der Waals surface area contributed by atoms with Crippen LogP contribution in [0.1, 0.15) is 5.56 Å². The predicted molar refractivity (Wildman–Crippen MR) is 82.9 cm³/mol. The van der Waals surface area contributed by atoms with Gasteiger partial charge in [-0.15, -0.1) is 0 Å². The van der Waals surface area contributed by atoms with Gasteiger partial charge in [0.25, 0.3) is 0 Å². The molecule has 8 heteroatoms. The van der Waals surface area contributed by atoms with E-state index >= 15 is 0 Å². The van der Waals surface area contributed by atoms with Crippen molar-refractivity contribution in [3.05, 3.63) is 22.7 Å². The first kappa shape index (κ1) is 16.5. The van der Waals surface area contributed by atoms with Crippen molar-refractivity contribution in [1.82, 2.24) is 9.21 Å². The van der Waals surface area contributed by atoms with Gasteiger partial charge in [-0.25, -0.2) is 8.42 Å². The van der Waals surface area contributed by atoms with Crippen LogP contribution in [0.3, 0.4) is 0 Å². The molecule has 118 valence electrons. The van der Waals surface area contributed by atoms with Gasteiger partial charge in [-0.1, -0.05) is 11.6 Å². The highest BCUT2D eigenvalue weighted by atomic mass is 35.5. The van der Waals surface area contributed by atoms with Crippen LogP contribution in [0.15, 0.2) is 17.0 Å². The van der Waals surface area contributed by atoms with Gasteiger partial charge < -0.3 is 10.8 Å². The molecule has 0 atom stereocenters. The zero-order valence-corrected chi connectivity index (χ0v) is 13.5. The molecule has 1 aromatic carbocycles. The van der Waals surface area contributed by atoms with E-state index in [2.05, 4.69) is 0 Å². The van der Waals surface area contributed by atoms with Gasteiger partial charge in [0.05, 0.1) is 11.6 Å². The van der Waals surface area contributed by atoms with E-state index in [4.69, 9.17) is 22.4 Å². The number of piperazine rings is 1. The Morgan fingerprint density at radius 2 is 1.90 bits per heavy atom. The third-order valence-corrected chi connectivity index (χ3v) is 6.05. The Morgan fingerprint density at radius 1 is 1.29 bits per heavy atom. The summed E-state index contributed by atoms with van der Waals surface area (Å²) in [6.07, 6.45) is 0. The number of nitrogen functional groups attached to an aromatic ring is 1. The van der Waals surface area contributed by atoms with Gasteiger partial charge in [0.2, 0.25) is 10.0 Å². The second-order valence-electron chi connectivity index (χ2n) is 5.11. The van der Waals surface area contributed by atoms with Crippen LogP contribution in [0.4, 0.5) is 5.69 Å². The Bertz CT molecular complexity index is 613. The maximum absolute atomic E-state index is 12.7. The largest absolute Gasteiger partial charge is 0.398 e. The molecule has 3 N–H and O–H groups in total. The lowest BCUT2D eigenvalue weighted by Gasteiger charge is -2.33. The second kappa shape index (κ2) is 6.50. The van der Waals surface area contributed by atoms with Gasteiger partial charge in [-0.3, -0.25) is 4.90 Å². The van der Waals surface area contributed by atoms with E-state index < -0.39 is 10.0 Å². The van der Waals surface area contributed by atoms with Gasteiger partial charge in [-0.05, 0) is 24.6 Å². The third-order valence-electron chi connectivity index (χ3n) is 3.69. The number of nitrogens with zero attached hydrogens (tertiary/aromatic N) is 2. The van der Waals surface area contributed by atoms with Gasteiger partial charge in [0.15, 0.2) is 0 Å². The second-order valence-corrected chi connectivity index (χ2v) is 7.42. The van der Waals surface area contributed by atoms with E-state index in [1.165, 1.54) is 10.4 Å². The maximum atomic E-state index is 12.7. The normalized spacial score (nSPS) is 18.0. The molecule has 1 heterocycles. The average Bonchev–Trinajstić information content (AvgIpc) is 2.43. The Hall–Kier alpha value is -0.860. The standard InChI is InChI=1S/C13H20ClN3O3S/c1-10-8-11(14)13(9-12(10)15)21(19,20)17-4-2-16(3-5-17)6-7-18/h8-9,18H,2-7,15H2,1H3. The number of β-amino-alcohol motifs (C(OH)–C–C–N with tert-alkyl or cyclic N) is 1. The van der Waals surface area contributed by atoms with Gasteiger partial charge >= 0.3 is 0 Å². The van der Waals surface area contributed by atoms with Gasteiger partial charge in [-0.2, -0.15) is 4.31 Å². The van der Waals surface area contributed by atoms with Crippen molar-refractivity contribution in [1.29, 1.82) is 0 Å². The van der Waals surface area contributed by atoms with Crippen LogP contribution in [0.5, 0.6) is 0 Å². The summed E-state index contributed by atoms with van der Waals surface area (Å²) in [6, 6.07) is 3.00. The van der Waals surface area contributed by atoms with Crippen LogP contribution in [0.25, 0.3) is 0 Å². The first-order valence-corrected chi connectivity index (χ1v) is 8.57. The Kier molecular flexibility index (Phi) is 5.11. The van der Waals surface area contributed by atoms with Crippen LogP contribution >= 0.6 is 11.6 Å². The summed E-state index contributed by atoms with van der Waals surface area (Å²) < 4.78 is 26.7. The number of hydrogen-bond acceptors (Lipinski definition) is 5. The Morgan fingerprint density at radius 3 is 2.48 bits per heavy atom. The highest BCUT2D eigenvalue weighted by molar-refractivity contribution is 7.89. The zero-order valence-electron chi connectivity index (χ0n) is 11.9. The SMILES string of the molecule is Cc1cc(Cl)c(S(=O)(=O)N2CCN(CCO)CC2)cc1N. The molecule has 0 aliphatic carbocycles. The maximum Gasteiger partial charge on any atom is 0.244 e. The van der Waals surface area contributed by atoms with Crippen LogP contribution in [0.2, 0.25) is 5.02 Å². The van der Waals surface area contributed by atoms with E-state index in [1.54, 1.807) is 13.0 Å². The first-order valence-electron chi connectivity index (χ1n) is 6.75. The average molecular weight is 334 g/mol. The molecule has 0 aromatic heterocycles. The monoisotopic (exact) mass is 333 g/mol. The molecule has 0 radical (unpaired) electrons. The van der Waals surface area contributed by atoms with Crippen molar-refractivity contribution in [2.75, 3.05) is 45.1 Å². The fraction of sp³-hybridized carbons (Fsp3) is 0.538. The third kappa shape index (κ3) is 3.49. The summed E-state index contributed by atoms with van der Waals surface area (Å²) in [5, 5.41) is 9.10. The van der Waals surface area contributed by atoms with Crippen LogP contribution < -0.4 is 5.73 Å². The summed E-state index contributed by atoms with van der Waals surface area (Å²) in [7, 11) is -3.64. The summed E-state index contributed by atoms with van der Waals surface area (Å²) in [6.45, 7) is 4.38. The van der Waals surface area contributed by atoms with E-state index in [0.717, 1.165) is 5.56 Å². The lowest BCUT2D eigenvalue weighted by molar-refractivity contribution is 0.151. The fourth-order valence-corrected chi connectivity index (χ4v) is 4.35. The quantitative estimate of drug-likeness (QED) is 0.785. The summed E-state index contributed by atoms with van der Waals surface area (Å²) in [5.41, 5.74) is 6.97.